The molecule has 0 saturated carbocycles. The number of anilines is 1. The molecule has 110 valence electrons. The molecule has 0 radical (unpaired) electrons. The molecule has 0 aliphatic heterocycles. The van der Waals surface area contributed by atoms with Crippen molar-refractivity contribution in [3.8, 4) is 0 Å². The van der Waals surface area contributed by atoms with Crippen LogP contribution < -0.4 is 16.4 Å². The molecule has 5 N–H and O–H groups in total. The molecule has 1 aromatic rings. The van der Waals surface area contributed by atoms with Gasteiger partial charge in [-0.2, -0.15) is 0 Å². The van der Waals surface area contributed by atoms with Gasteiger partial charge in [-0.25, -0.2) is 4.79 Å². The molecule has 0 spiro atoms. The number of halogens is 2. The first-order valence-corrected chi connectivity index (χ1v) is 6.75. The minimum atomic E-state index is -0.363. The summed E-state index contributed by atoms with van der Waals surface area (Å²) in [5.41, 5.74) is 5.77. The first-order valence-electron chi connectivity index (χ1n) is 5.99. The number of amides is 2. The van der Waals surface area contributed by atoms with Crippen molar-refractivity contribution in [3.05, 3.63) is 28.2 Å². The van der Waals surface area contributed by atoms with E-state index in [2.05, 4.69) is 15.8 Å². The van der Waals surface area contributed by atoms with Gasteiger partial charge in [0.25, 0.3) is 0 Å². The summed E-state index contributed by atoms with van der Waals surface area (Å²) < 4.78 is 0. The largest absolute Gasteiger partial charge is 0.409 e. The Bertz CT molecular complexity index is 494. The molecule has 6 nitrogen and oxygen atoms in total. The van der Waals surface area contributed by atoms with Crippen LogP contribution in [0, 0.1) is 0 Å². The molecule has 8 heteroatoms. The van der Waals surface area contributed by atoms with E-state index in [1.54, 1.807) is 18.2 Å². The topological polar surface area (TPSA) is 99.7 Å². The normalized spacial score (nSPS) is 11.2. The molecular weight excluding hydrogens is 303 g/mol. The molecule has 1 rings (SSSR count). The Kier molecular flexibility index (Phi) is 6.97. The molecule has 0 aliphatic rings. The molecule has 0 heterocycles. The highest BCUT2D eigenvalue weighted by molar-refractivity contribution is 6.35. The predicted octanol–water partition coefficient (Wildman–Crippen LogP) is 3.03. The Labute approximate surface area is 126 Å². The Balaban J connectivity index is 2.28. The van der Waals surface area contributed by atoms with Crippen molar-refractivity contribution in [1.29, 1.82) is 0 Å². The number of hydrogen-bond acceptors (Lipinski definition) is 3. The molecule has 20 heavy (non-hydrogen) atoms. The van der Waals surface area contributed by atoms with Crippen LogP contribution in [0.3, 0.4) is 0 Å². The van der Waals surface area contributed by atoms with Crippen molar-refractivity contribution < 1.29 is 10.0 Å². The molecule has 0 aromatic heterocycles. The highest BCUT2D eigenvalue weighted by Gasteiger charge is 2.05. The van der Waals surface area contributed by atoms with Crippen LogP contribution in [0.15, 0.2) is 23.4 Å². The lowest BCUT2D eigenvalue weighted by molar-refractivity contribution is 0.252. The molecule has 0 saturated heterocycles. The summed E-state index contributed by atoms with van der Waals surface area (Å²) in [6.07, 6.45) is 1.92. The van der Waals surface area contributed by atoms with E-state index in [0.29, 0.717) is 41.5 Å². The number of oxime groups is 1. The minimum Gasteiger partial charge on any atom is -0.409 e. The van der Waals surface area contributed by atoms with E-state index in [1.165, 1.54) is 0 Å². The number of rotatable bonds is 6. The number of carbonyl (C=O) groups is 1. The number of urea groups is 1. The summed E-state index contributed by atoms with van der Waals surface area (Å²) in [4.78, 5) is 11.6. The Morgan fingerprint density at radius 1 is 1.35 bits per heavy atom. The predicted molar refractivity (Wildman–Crippen MR) is 80.7 cm³/mol. The van der Waals surface area contributed by atoms with Crippen LogP contribution in [0.4, 0.5) is 10.5 Å². The SMILES string of the molecule is NC(CCCCNC(=O)Nc1cc(Cl)ccc1Cl)=NO. The third-order valence-electron chi connectivity index (χ3n) is 2.45. The molecule has 0 aliphatic carbocycles. The second kappa shape index (κ2) is 8.50. The van der Waals surface area contributed by atoms with Crippen molar-refractivity contribution in [2.45, 2.75) is 19.3 Å². The molecule has 0 bridgehead atoms. The van der Waals surface area contributed by atoms with Crippen LogP contribution in [0.1, 0.15) is 19.3 Å². The average molecular weight is 319 g/mol. The summed E-state index contributed by atoms with van der Waals surface area (Å²) in [6, 6.07) is 4.45. The van der Waals surface area contributed by atoms with E-state index in [9.17, 15) is 4.79 Å². The van der Waals surface area contributed by atoms with E-state index in [1.807, 2.05) is 0 Å². The summed E-state index contributed by atoms with van der Waals surface area (Å²) in [6.45, 7) is 0.475. The molecule has 1 aromatic carbocycles. The number of nitrogens with one attached hydrogen (secondary N) is 2. The van der Waals surface area contributed by atoms with Gasteiger partial charge in [-0.3, -0.25) is 0 Å². The molecule has 0 unspecified atom stereocenters. The van der Waals surface area contributed by atoms with Crippen LogP contribution in [0.2, 0.25) is 10.0 Å². The number of carbonyl (C=O) groups excluding carboxylic acids is 1. The lowest BCUT2D eigenvalue weighted by atomic mass is 10.2. The summed E-state index contributed by atoms with van der Waals surface area (Å²) in [5, 5.41) is 17.4. The standard InChI is InChI=1S/C12H16Cl2N4O2/c13-8-4-5-9(14)10(7-8)17-12(19)16-6-2-1-3-11(15)18-20/h4-5,7,20H,1-3,6H2,(H2,15,18)(H2,16,17,19). The number of unbranched alkanes of at least 4 members (excludes halogenated alkanes) is 1. The highest BCUT2D eigenvalue weighted by atomic mass is 35.5. The number of amidine groups is 1. The Hall–Kier alpha value is -1.66. The van der Waals surface area contributed by atoms with Gasteiger partial charge in [-0.1, -0.05) is 28.4 Å². The van der Waals surface area contributed by atoms with Crippen molar-refractivity contribution in [1.82, 2.24) is 5.32 Å². The first kappa shape index (κ1) is 16.4. The number of benzene rings is 1. The van der Waals surface area contributed by atoms with Crippen LogP contribution in [-0.2, 0) is 0 Å². The number of nitrogens with two attached hydrogens (primary N) is 1. The average Bonchev–Trinajstić information content (AvgIpc) is 2.42. The fourth-order valence-corrected chi connectivity index (χ4v) is 1.78. The molecule has 0 fully saturated rings. The summed E-state index contributed by atoms with van der Waals surface area (Å²) in [5.74, 6) is 0.181. The van der Waals surface area contributed by atoms with Gasteiger partial charge in [-0.15, -0.1) is 0 Å². The second-order valence-corrected chi connectivity index (χ2v) is 4.90. The van der Waals surface area contributed by atoms with E-state index in [-0.39, 0.29) is 11.9 Å². The first-order chi connectivity index (χ1) is 9.52. The van der Waals surface area contributed by atoms with Gasteiger partial charge < -0.3 is 21.6 Å². The van der Waals surface area contributed by atoms with Crippen LogP contribution in [-0.4, -0.2) is 23.6 Å². The lowest BCUT2D eigenvalue weighted by Crippen LogP contribution is -2.29. The third-order valence-corrected chi connectivity index (χ3v) is 3.01. The second-order valence-electron chi connectivity index (χ2n) is 4.05. The maximum atomic E-state index is 11.6. The van der Waals surface area contributed by atoms with Gasteiger partial charge in [0.15, 0.2) is 0 Å². The van der Waals surface area contributed by atoms with E-state index in [0.717, 1.165) is 0 Å². The molecular formula is C12H16Cl2N4O2. The van der Waals surface area contributed by atoms with Gasteiger partial charge in [0, 0.05) is 18.0 Å². The zero-order valence-corrected chi connectivity index (χ0v) is 12.2. The fraction of sp³-hybridized carbons (Fsp3) is 0.333. The van der Waals surface area contributed by atoms with Gasteiger partial charge >= 0.3 is 6.03 Å². The third kappa shape index (κ3) is 5.99. The van der Waals surface area contributed by atoms with E-state index in [4.69, 9.17) is 34.1 Å². The number of nitrogens with zero attached hydrogens (tertiary/aromatic N) is 1. The van der Waals surface area contributed by atoms with Gasteiger partial charge in [-0.05, 0) is 31.0 Å². The molecule has 2 amide bonds. The van der Waals surface area contributed by atoms with Crippen LogP contribution in [0.25, 0.3) is 0 Å². The van der Waals surface area contributed by atoms with Crippen molar-refractivity contribution in [2.75, 3.05) is 11.9 Å². The minimum absolute atomic E-state index is 0.181. The van der Waals surface area contributed by atoms with Gasteiger partial charge in [0.05, 0.1) is 10.7 Å². The Morgan fingerprint density at radius 3 is 2.80 bits per heavy atom. The van der Waals surface area contributed by atoms with E-state index < -0.39 is 0 Å². The summed E-state index contributed by atoms with van der Waals surface area (Å²) >= 11 is 11.7. The maximum Gasteiger partial charge on any atom is 0.319 e. The Morgan fingerprint density at radius 2 is 2.10 bits per heavy atom. The lowest BCUT2D eigenvalue weighted by Gasteiger charge is -2.09. The summed E-state index contributed by atoms with van der Waals surface area (Å²) in [7, 11) is 0. The van der Waals surface area contributed by atoms with Crippen molar-refractivity contribution >= 4 is 40.8 Å². The highest BCUT2D eigenvalue weighted by Crippen LogP contribution is 2.25. The maximum absolute atomic E-state index is 11.6. The quantitative estimate of drug-likeness (QED) is 0.213. The molecule has 0 atom stereocenters. The van der Waals surface area contributed by atoms with Gasteiger partial charge in [0.2, 0.25) is 0 Å². The smallest absolute Gasteiger partial charge is 0.319 e. The van der Waals surface area contributed by atoms with E-state index >= 15 is 0 Å². The zero-order valence-electron chi connectivity index (χ0n) is 10.7. The van der Waals surface area contributed by atoms with Crippen molar-refractivity contribution in [3.63, 3.8) is 0 Å². The van der Waals surface area contributed by atoms with Crippen LogP contribution >= 0.6 is 23.2 Å². The number of hydrogen-bond donors (Lipinski definition) is 4. The van der Waals surface area contributed by atoms with Crippen LogP contribution in [0.5, 0.6) is 0 Å². The van der Waals surface area contributed by atoms with Crippen molar-refractivity contribution in [2.24, 2.45) is 10.9 Å². The van der Waals surface area contributed by atoms with Gasteiger partial charge in [0.1, 0.15) is 5.84 Å². The fourth-order valence-electron chi connectivity index (χ4n) is 1.44. The monoisotopic (exact) mass is 318 g/mol. The zero-order chi connectivity index (χ0) is 15.0.